The van der Waals surface area contributed by atoms with Gasteiger partial charge in [-0.2, -0.15) is 10.4 Å². The highest BCUT2D eigenvalue weighted by atomic mass is 16.5. The Bertz CT molecular complexity index is 1000. The number of hydrogen-bond acceptors (Lipinski definition) is 5. The van der Waals surface area contributed by atoms with Crippen LogP contribution in [0.2, 0.25) is 0 Å². The predicted octanol–water partition coefficient (Wildman–Crippen LogP) is 5.91. The topological polar surface area (TPSA) is 74.8 Å². The van der Waals surface area contributed by atoms with Crippen LogP contribution in [-0.2, 0) is 9.53 Å². The van der Waals surface area contributed by atoms with Crippen LogP contribution in [0.4, 0.5) is 0 Å². The average Bonchev–Trinajstić information content (AvgIpc) is 3.10. The number of unbranched alkanes of at least 4 members (excludes halogenated alkanes) is 1. The van der Waals surface area contributed by atoms with Crippen molar-refractivity contribution in [1.29, 1.82) is 5.26 Å². The molecular weight excluding hydrogens is 362 g/mol. The molecule has 0 spiro atoms. The zero-order valence-corrected chi connectivity index (χ0v) is 17.1. The highest BCUT2D eigenvalue weighted by Crippen LogP contribution is 2.43. The molecule has 29 heavy (non-hydrogen) atoms. The normalized spacial score (nSPS) is 18.0. The second-order valence-corrected chi connectivity index (χ2v) is 7.26. The van der Waals surface area contributed by atoms with E-state index in [4.69, 9.17) is 4.74 Å². The van der Waals surface area contributed by atoms with Crippen molar-refractivity contribution in [3.8, 4) is 17.2 Å². The van der Waals surface area contributed by atoms with Crippen LogP contribution in [-0.4, -0.2) is 18.1 Å². The third-order valence-corrected chi connectivity index (χ3v) is 5.16. The van der Waals surface area contributed by atoms with E-state index >= 15 is 0 Å². The fraction of sp³-hybridized carbons (Fsp3) is 0.333. The molecule has 5 heteroatoms. The maximum atomic E-state index is 12.5. The minimum Gasteiger partial charge on any atom is -0.461 e. The minimum atomic E-state index is -0.551. The molecule has 148 valence electrons. The van der Waals surface area contributed by atoms with Crippen molar-refractivity contribution in [2.45, 2.75) is 45.6 Å². The molecule has 2 aromatic carbocycles. The minimum absolute atomic E-state index is 0.288. The molecule has 1 aliphatic heterocycles. The van der Waals surface area contributed by atoms with Gasteiger partial charge in [-0.1, -0.05) is 62.2 Å². The smallest absolute Gasteiger partial charge is 0.359 e. The molecule has 0 aliphatic carbocycles. The number of carbonyl (C=O) groups is 1. The summed E-state index contributed by atoms with van der Waals surface area (Å²) in [5.41, 5.74) is 3.91. The predicted molar refractivity (Wildman–Crippen MR) is 113 cm³/mol. The van der Waals surface area contributed by atoms with Crippen molar-refractivity contribution >= 4 is 11.5 Å². The van der Waals surface area contributed by atoms with Gasteiger partial charge in [0.25, 0.3) is 0 Å². The summed E-state index contributed by atoms with van der Waals surface area (Å²) in [4.78, 5) is 12.5. The lowest BCUT2D eigenvalue weighted by Gasteiger charge is -2.24. The summed E-state index contributed by atoms with van der Waals surface area (Å²) in [5, 5.41) is 18.0. The summed E-state index contributed by atoms with van der Waals surface area (Å²) >= 11 is 0. The second-order valence-electron chi connectivity index (χ2n) is 7.26. The lowest BCUT2D eigenvalue weighted by atomic mass is 9.82. The van der Waals surface area contributed by atoms with Crippen molar-refractivity contribution in [1.82, 2.24) is 0 Å². The van der Waals surface area contributed by atoms with Crippen molar-refractivity contribution in [2.24, 2.45) is 10.2 Å². The Kier molecular flexibility index (Phi) is 6.23. The summed E-state index contributed by atoms with van der Waals surface area (Å²) in [6.07, 6.45) is 2.84. The molecular formula is C24H25N3O2. The fourth-order valence-corrected chi connectivity index (χ4v) is 3.65. The molecule has 5 nitrogen and oxygen atoms in total. The maximum Gasteiger partial charge on any atom is 0.359 e. The zero-order chi connectivity index (χ0) is 20.9. The van der Waals surface area contributed by atoms with Gasteiger partial charge in [0.05, 0.1) is 18.2 Å². The number of rotatable bonds is 7. The Hall–Kier alpha value is -3.26. The van der Waals surface area contributed by atoms with Gasteiger partial charge in [0.15, 0.2) is 5.70 Å². The highest BCUT2D eigenvalue weighted by Gasteiger charge is 2.39. The Balaban J connectivity index is 2.04. The number of esters is 1. The molecule has 0 saturated heterocycles. The second kappa shape index (κ2) is 8.83. The van der Waals surface area contributed by atoms with Crippen molar-refractivity contribution in [2.75, 3.05) is 6.61 Å². The van der Waals surface area contributed by atoms with Crippen molar-refractivity contribution < 1.29 is 9.53 Å². The molecule has 1 heterocycles. The van der Waals surface area contributed by atoms with Gasteiger partial charge in [-0.25, -0.2) is 4.79 Å². The molecule has 1 aliphatic rings. The van der Waals surface area contributed by atoms with E-state index in [1.54, 1.807) is 13.0 Å². The summed E-state index contributed by atoms with van der Waals surface area (Å²) in [6.45, 7) is 6.22. The van der Waals surface area contributed by atoms with E-state index < -0.39 is 11.5 Å². The molecule has 0 radical (unpaired) electrons. The zero-order valence-electron chi connectivity index (χ0n) is 17.1. The van der Waals surface area contributed by atoms with E-state index in [1.165, 1.54) is 0 Å². The lowest BCUT2D eigenvalue weighted by molar-refractivity contribution is -0.138. The lowest BCUT2D eigenvalue weighted by Crippen LogP contribution is -2.23. The molecule has 1 unspecified atom stereocenters. The number of nitrogens with zero attached hydrogens (tertiary/aromatic N) is 3. The third-order valence-electron chi connectivity index (χ3n) is 5.16. The Morgan fingerprint density at radius 2 is 1.79 bits per heavy atom. The van der Waals surface area contributed by atoms with E-state index in [0.717, 1.165) is 41.5 Å². The van der Waals surface area contributed by atoms with E-state index in [-0.39, 0.29) is 5.70 Å². The summed E-state index contributed by atoms with van der Waals surface area (Å²) in [5.74, 6) is -0.439. The number of carbonyl (C=O) groups excluding carboxylic acids is 1. The maximum absolute atomic E-state index is 12.5. The molecule has 0 fully saturated rings. The monoisotopic (exact) mass is 387 g/mol. The van der Waals surface area contributed by atoms with Crippen LogP contribution in [0.1, 0.15) is 51.2 Å². The van der Waals surface area contributed by atoms with Gasteiger partial charge in [-0.15, -0.1) is 5.11 Å². The van der Waals surface area contributed by atoms with Gasteiger partial charge < -0.3 is 4.74 Å². The fourth-order valence-electron chi connectivity index (χ4n) is 3.65. The standard InChI is InChI=1S/C24H25N3O2/c1-4-6-15-24(3)21(22(26-27-24)23(28)29-5-2)18-13-11-17(12-14-18)20-10-8-7-9-19(20)16-25/h7-14H,4-6,15H2,1-3H3. The third kappa shape index (κ3) is 4.12. The molecule has 0 bridgehead atoms. The SMILES string of the molecule is CCCCC1(C)N=NC(C(=O)OCC)=C1c1ccc(-c2ccccc2C#N)cc1. The molecule has 0 amide bonds. The first-order valence-electron chi connectivity index (χ1n) is 9.98. The number of hydrogen-bond donors (Lipinski definition) is 0. The number of azo groups is 1. The molecule has 0 saturated carbocycles. The van der Waals surface area contributed by atoms with Gasteiger partial charge in [0.1, 0.15) is 5.54 Å². The number of benzene rings is 2. The summed E-state index contributed by atoms with van der Waals surface area (Å²) < 4.78 is 5.21. The van der Waals surface area contributed by atoms with Gasteiger partial charge in [-0.05, 0) is 43.0 Å². The van der Waals surface area contributed by atoms with E-state index in [0.29, 0.717) is 12.2 Å². The summed E-state index contributed by atoms with van der Waals surface area (Å²) in [6, 6.07) is 17.6. The molecule has 3 rings (SSSR count). The highest BCUT2D eigenvalue weighted by molar-refractivity contribution is 6.00. The molecule has 0 N–H and O–H groups in total. The van der Waals surface area contributed by atoms with E-state index in [1.807, 2.05) is 49.4 Å². The van der Waals surface area contributed by atoms with Crippen LogP contribution in [0.15, 0.2) is 64.5 Å². The van der Waals surface area contributed by atoms with Gasteiger partial charge >= 0.3 is 5.97 Å². The largest absolute Gasteiger partial charge is 0.461 e. The Morgan fingerprint density at radius 1 is 1.10 bits per heavy atom. The van der Waals surface area contributed by atoms with Gasteiger partial charge in [0.2, 0.25) is 0 Å². The first-order chi connectivity index (χ1) is 14.0. The van der Waals surface area contributed by atoms with Crippen LogP contribution in [0, 0.1) is 11.3 Å². The first-order valence-corrected chi connectivity index (χ1v) is 9.98. The van der Waals surface area contributed by atoms with Gasteiger partial charge in [-0.3, -0.25) is 0 Å². The molecule has 1 atom stereocenters. The quantitative estimate of drug-likeness (QED) is 0.554. The summed E-state index contributed by atoms with van der Waals surface area (Å²) in [7, 11) is 0. The molecule has 2 aromatic rings. The van der Waals surface area contributed by atoms with Crippen molar-refractivity contribution in [3.63, 3.8) is 0 Å². The Morgan fingerprint density at radius 3 is 2.45 bits per heavy atom. The van der Waals surface area contributed by atoms with E-state index in [2.05, 4.69) is 23.2 Å². The van der Waals surface area contributed by atoms with Crippen molar-refractivity contribution in [3.05, 3.63) is 65.4 Å². The number of nitriles is 1. The molecule has 0 aromatic heterocycles. The first kappa shape index (κ1) is 20.5. The van der Waals surface area contributed by atoms with Gasteiger partial charge in [0, 0.05) is 5.57 Å². The number of ether oxygens (including phenoxy) is 1. The van der Waals surface area contributed by atoms with Crippen LogP contribution in [0.25, 0.3) is 16.7 Å². The Labute approximate surface area is 171 Å². The van der Waals surface area contributed by atoms with Crippen LogP contribution >= 0.6 is 0 Å². The van der Waals surface area contributed by atoms with Crippen LogP contribution in [0.5, 0.6) is 0 Å². The van der Waals surface area contributed by atoms with Crippen LogP contribution < -0.4 is 0 Å². The van der Waals surface area contributed by atoms with E-state index in [9.17, 15) is 10.1 Å². The van der Waals surface area contributed by atoms with Crippen LogP contribution in [0.3, 0.4) is 0 Å². The average molecular weight is 387 g/mol.